The van der Waals surface area contributed by atoms with E-state index in [1.54, 1.807) is 0 Å². The van der Waals surface area contributed by atoms with E-state index in [4.69, 9.17) is 11.6 Å². The number of carbonyl (C=O) groups is 1. The van der Waals surface area contributed by atoms with E-state index < -0.39 is 0 Å². The van der Waals surface area contributed by atoms with Crippen LogP contribution in [0, 0.1) is 0 Å². The maximum Gasteiger partial charge on any atom is 0.219 e. The topological polar surface area (TPSA) is 29.1 Å². The molecule has 76 valence electrons. The van der Waals surface area contributed by atoms with Gasteiger partial charge in [-0.3, -0.25) is 4.79 Å². The lowest BCUT2D eigenvalue weighted by molar-refractivity contribution is -0.120. The van der Waals surface area contributed by atoms with Gasteiger partial charge in [-0.1, -0.05) is 37.3 Å². The molecule has 0 bridgehead atoms. The van der Waals surface area contributed by atoms with Gasteiger partial charge in [0.1, 0.15) is 0 Å². The minimum atomic E-state index is -0.147. The molecule has 1 atom stereocenters. The Bertz CT molecular complexity index is 287. The van der Waals surface area contributed by atoms with Crippen LogP contribution in [-0.4, -0.2) is 12.5 Å². The molecule has 1 N–H and O–H groups in total. The first-order valence-electron chi connectivity index (χ1n) is 4.69. The summed E-state index contributed by atoms with van der Waals surface area (Å²) in [6, 6.07) is 9.72. The average molecular weight is 212 g/mol. The SMILES string of the molecule is CCC(=O)NCC(Cl)c1ccccc1. The summed E-state index contributed by atoms with van der Waals surface area (Å²) in [5, 5.41) is 2.61. The fourth-order valence-electron chi connectivity index (χ4n) is 1.11. The minimum Gasteiger partial charge on any atom is -0.354 e. The summed E-state index contributed by atoms with van der Waals surface area (Å²) in [7, 11) is 0. The van der Waals surface area contributed by atoms with E-state index in [-0.39, 0.29) is 11.3 Å². The normalized spacial score (nSPS) is 12.1. The highest BCUT2D eigenvalue weighted by Gasteiger charge is 2.07. The molecule has 0 heterocycles. The zero-order chi connectivity index (χ0) is 10.4. The molecule has 3 heteroatoms. The molecule has 1 unspecified atom stereocenters. The van der Waals surface area contributed by atoms with E-state index in [2.05, 4.69) is 5.32 Å². The van der Waals surface area contributed by atoms with Crippen molar-refractivity contribution in [3.05, 3.63) is 35.9 Å². The Kier molecular flexibility index (Phi) is 4.47. The van der Waals surface area contributed by atoms with Crippen LogP contribution in [0.5, 0.6) is 0 Å². The van der Waals surface area contributed by atoms with Gasteiger partial charge in [0.25, 0.3) is 0 Å². The highest BCUT2D eigenvalue weighted by molar-refractivity contribution is 6.21. The quantitative estimate of drug-likeness (QED) is 0.762. The molecule has 1 aromatic carbocycles. The van der Waals surface area contributed by atoms with Crippen molar-refractivity contribution in [2.45, 2.75) is 18.7 Å². The average Bonchev–Trinajstić information content (AvgIpc) is 2.26. The van der Waals surface area contributed by atoms with Crippen molar-refractivity contribution in [1.29, 1.82) is 0 Å². The summed E-state index contributed by atoms with van der Waals surface area (Å²) in [6.07, 6.45) is 0.498. The third-order valence-corrected chi connectivity index (χ3v) is 2.37. The van der Waals surface area contributed by atoms with E-state index in [0.717, 1.165) is 5.56 Å². The third kappa shape index (κ3) is 3.38. The van der Waals surface area contributed by atoms with Crippen LogP contribution in [0.15, 0.2) is 30.3 Å². The van der Waals surface area contributed by atoms with Crippen LogP contribution in [0.2, 0.25) is 0 Å². The van der Waals surface area contributed by atoms with Crippen molar-refractivity contribution in [2.24, 2.45) is 0 Å². The van der Waals surface area contributed by atoms with E-state index in [9.17, 15) is 4.79 Å². The molecular formula is C11H14ClNO. The predicted octanol–water partition coefficient (Wildman–Crippen LogP) is 2.49. The first-order chi connectivity index (χ1) is 6.74. The molecule has 0 saturated carbocycles. The molecule has 0 aromatic heterocycles. The maximum absolute atomic E-state index is 11.0. The summed E-state index contributed by atoms with van der Waals surface area (Å²) in [6.45, 7) is 2.30. The number of alkyl halides is 1. The lowest BCUT2D eigenvalue weighted by Gasteiger charge is -2.10. The Hall–Kier alpha value is -1.02. The van der Waals surface area contributed by atoms with Crippen molar-refractivity contribution in [3.63, 3.8) is 0 Å². The molecule has 1 rings (SSSR count). The lowest BCUT2D eigenvalue weighted by atomic mass is 10.1. The van der Waals surface area contributed by atoms with Crippen molar-refractivity contribution < 1.29 is 4.79 Å². The number of hydrogen-bond acceptors (Lipinski definition) is 1. The van der Waals surface area contributed by atoms with E-state index in [1.165, 1.54) is 0 Å². The monoisotopic (exact) mass is 211 g/mol. The molecule has 1 amide bonds. The number of benzene rings is 1. The third-order valence-electron chi connectivity index (χ3n) is 1.96. The van der Waals surface area contributed by atoms with Crippen molar-refractivity contribution in [2.75, 3.05) is 6.54 Å². The summed E-state index contributed by atoms with van der Waals surface area (Å²) < 4.78 is 0. The number of carbonyl (C=O) groups excluding carboxylic acids is 1. The van der Waals surface area contributed by atoms with Crippen LogP contribution in [0.1, 0.15) is 24.3 Å². The predicted molar refractivity (Wildman–Crippen MR) is 58.3 cm³/mol. The Balaban J connectivity index is 2.43. The van der Waals surface area contributed by atoms with Crippen LogP contribution in [-0.2, 0) is 4.79 Å². The molecule has 0 radical (unpaired) electrons. The molecule has 0 saturated heterocycles. The summed E-state index contributed by atoms with van der Waals surface area (Å²) >= 11 is 6.09. The summed E-state index contributed by atoms with van der Waals surface area (Å²) in [5.74, 6) is 0.0339. The second-order valence-corrected chi connectivity index (χ2v) is 3.56. The number of amides is 1. The number of rotatable bonds is 4. The second-order valence-electron chi connectivity index (χ2n) is 3.04. The lowest BCUT2D eigenvalue weighted by Crippen LogP contribution is -2.25. The molecule has 2 nitrogen and oxygen atoms in total. The van der Waals surface area contributed by atoms with E-state index >= 15 is 0 Å². The fraction of sp³-hybridized carbons (Fsp3) is 0.364. The standard InChI is InChI=1S/C11H14ClNO/c1-2-11(14)13-8-10(12)9-6-4-3-5-7-9/h3-7,10H,2,8H2,1H3,(H,13,14). The van der Waals surface area contributed by atoms with Gasteiger partial charge >= 0.3 is 0 Å². The number of halogens is 1. The Morgan fingerprint density at radius 2 is 2.07 bits per heavy atom. The zero-order valence-electron chi connectivity index (χ0n) is 8.16. The highest BCUT2D eigenvalue weighted by Crippen LogP contribution is 2.18. The Labute approximate surface area is 89.3 Å². The van der Waals surface area contributed by atoms with Gasteiger partial charge in [-0.05, 0) is 5.56 Å². The van der Waals surface area contributed by atoms with E-state index in [1.807, 2.05) is 37.3 Å². The van der Waals surface area contributed by atoms with Crippen molar-refractivity contribution in [1.82, 2.24) is 5.32 Å². The first-order valence-corrected chi connectivity index (χ1v) is 5.13. The van der Waals surface area contributed by atoms with Crippen LogP contribution in [0.3, 0.4) is 0 Å². The van der Waals surface area contributed by atoms with Crippen LogP contribution in [0.4, 0.5) is 0 Å². The van der Waals surface area contributed by atoms with E-state index in [0.29, 0.717) is 13.0 Å². The Morgan fingerprint density at radius 3 is 2.64 bits per heavy atom. The summed E-state index contributed by atoms with van der Waals surface area (Å²) in [5.41, 5.74) is 1.03. The van der Waals surface area contributed by atoms with Gasteiger partial charge in [0.2, 0.25) is 5.91 Å². The Morgan fingerprint density at radius 1 is 1.43 bits per heavy atom. The molecule has 14 heavy (non-hydrogen) atoms. The van der Waals surface area contributed by atoms with Gasteiger partial charge in [0, 0.05) is 13.0 Å². The largest absolute Gasteiger partial charge is 0.354 e. The van der Waals surface area contributed by atoms with Crippen molar-refractivity contribution in [3.8, 4) is 0 Å². The first kappa shape index (κ1) is 11.1. The number of hydrogen-bond donors (Lipinski definition) is 1. The number of nitrogens with one attached hydrogen (secondary N) is 1. The molecule has 0 aliphatic heterocycles. The molecule has 0 spiro atoms. The van der Waals surface area contributed by atoms with Gasteiger partial charge in [-0.15, -0.1) is 11.6 Å². The summed E-state index contributed by atoms with van der Waals surface area (Å²) in [4.78, 5) is 11.0. The maximum atomic E-state index is 11.0. The molecule has 0 aliphatic carbocycles. The molecule has 0 aliphatic rings. The highest BCUT2D eigenvalue weighted by atomic mass is 35.5. The van der Waals surface area contributed by atoms with Crippen molar-refractivity contribution >= 4 is 17.5 Å². The van der Waals surface area contributed by atoms with Crippen LogP contribution in [0.25, 0.3) is 0 Å². The van der Waals surface area contributed by atoms with Crippen LogP contribution >= 0.6 is 11.6 Å². The second kappa shape index (κ2) is 5.66. The van der Waals surface area contributed by atoms with Gasteiger partial charge < -0.3 is 5.32 Å². The molecular weight excluding hydrogens is 198 g/mol. The van der Waals surface area contributed by atoms with Gasteiger partial charge in [0.15, 0.2) is 0 Å². The minimum absolute atomic E-state index is 0.0339. The smallest absolute Gasteiger partial charge is 0.219 e. The van der Waals surface area contributed by atoms with Gasteiger partial charge in [-0.25, -0.2) is 0 Å². The zero-order valence-corrected chi connectivity index (χ0v) is 8.92. The van der Waals surface area contributed by atoms with Gasteiger partial charge in [-0.2, -0.15) is 0 Å². The van der Waals surface area contributed by atoms with Gasteiger partial charge in [0.05, 0.1) is 5.38 Å². The molecule has 0 fully saturated rings. The van der Waals surface area contributed by atoms with Crippen LogP contribution < -0.4 is 5.32 Å². The molecule has 1 aromatic rings. The fourth-order valence-corrected chi connectivity index (χ4v) is 1.33.